The molecule has 13 heavy (non-hydrogen) atoms. The van der Waals surface area contributed by atoms with Crippen LogP contribution in [0.5, 0.6) is 0 Å². The van der Waals surface area contributed by atoms with E-state index in [0.717, 1.165) is 0 Å². The van der Waals surface area contributed by atoms with Crippen LogP contribution in [0.15, 0.2) is 33.7 Å². The van der Waals surface area contributed by atoms with Crippen LogP contribution in [0, 0.1) is 5.82 Å². The van der Waals surface area contributed by atoms with Crippen molar-refractivity contribution in [1.82, 2.24) is 0 Å². The van der Waals surface area contributed by atoms with E-state index in [-0.39, 0.29) is 11.6 Å². The first kappa shape index (κ1) is 10.6. The molecule has 0 N–H and O–H groups in total. The smallest absolute Gasteiger partial charge is 0.187 e. The highest BCUT2D eigenvalue weighted by Crippen LogP contribution is 2.14. The minimum Gasteiger partial charge on any atom is -0.289 e. The largest absolute Gasteiger partial charge is 0.289 e. The van der Waals surface area contributed by atoms with Crippen molar-refractivity contribution in [3.63, 3.8) is 0 Å². The molecule has 0 aliphatic heterocycles. The van der Waals surface area contributed by atoms with Gasteiger partial charge in [0.05, 0.1) is 3.39 Å². The molecular weight excluding hydrogens is 303 g/mol. The normalized spacial score (nSPS) is 9.46. The van der Waals surface area contributed by atoms with Gasteiger partial charge in [-0.05, 0) is 56.1 Å². The maximum Gasteiger partial charge on any atom is 0.187 e. The molecule has 0 aliphatic carbocycles. The van der Waals surface area contributed by atoms with E-state index in [1.807, 2.05) is 0 Å². The monoisotopic (exact) mass is 306 g/mol. The van der Waals surface area contributed by atoms with Gasteiger partial charge in [-0.2, -0.15) is 0 Å². The van der Waals surface area contributed by atoms with Crippen molar-refractivity contribution >= 4 is 37.6 Å². The SMILES string of the molecule is O=C(C=C(Br)Br)c1ccc(F)cc1. The summed E-state index contributed by atoms with van der Waals surface area (Å²) in [5.41, 5.74) is 0.456. The van der Waals surface area contributed by atoms with Gasteiger partial charge in [0, 0.05) is 11.6 Å². The molecule has 0 amide bonds. The number of hydrogen-bond acceptors (Lipinski definition) is 1. The Hall–Kier alpha value is -0.480. The van der Waals surface area contributed by atoms with Crippen molar-refractivity contribution in [1.29, 1.82) is 0 Å². The third kappa shape index (κ3) is 3.40. The fourth-order valence-electron chi connectivity index (χ4n) is 0.797. The molecule has 1 rings (SSSR count). The zero-order valence-corrected chi connectivity index (χ0v) is 9.60. The lowest BCUT2D eigenvalue weighted by molar-refractivity contribution is 0.104. The third-order valence-electron chi connectivity index (χ3n) is 1.37. The van der Waals surface area contributed by atoms with Crippen molar-refractivity contribution in [2.45, 2.75) is 0 Å². The maximum absolute atomic E-state index is 12.5. The maximum atomic E-state index is 12.5. The molecule has 0 aromatic heterocycles. The average molecular weight is 308 g/mol. The van der Waals surface area contributed by atoms with Crippen LogP contribution in [0.1, 0.15) is 10.4 Å². The molecule has 1 aromatic carbocycles. The first-order valence-electron chi connectivity index (χ1n) is 3.42. The van der Waals surface area contributed by atoms with E-state index < -0.39 is 0 Å². The number of carbonyl (C=O) groups is 1. The second kappa shape index (κ2) is 4.67. The number of halogens is 3. The second-order valence-corrected chi connectivity index (χ2v) is 5.08. The summed E-state index contributed by atoms with van der Waals surface area (Å²) in [6, 6.07) is 5.39. The number of carbonyl (C=O) groups excluding carboxylic acids is 1. The Labute approximate surface area is 91.9 Å². The van der Waals surface area contributed by atoms with Crippen molar-refractivity contribution in [3.05, 3.63) is 45.1 Å². The van der Waals surface area contributed by atoms with Gasteiger partial charge in [0.2, 0.25) is 0 Å². The van der Waals surface area contributed by atoms with Crippen molar-refractivity contribution in [2.75, 3.05) is 0 Å². The number of benzene rings is 1. The van der Waals surface area contributed by atoms with E-state index in [4.69, 9.17) is 0 Å². The molecule has 0 aliphatic rings. The minimum absolute atomic E-state index is 0.177. The highest BCUT2D eigenvalue weighted by Gasteiger charge is 2.02. The van der Waals surface area contributed by atoms with E-state index in [1.165, 1.54) is 30.3 Å². The zero-order valence-electron chi connectivity index (χ0n) is 6.43. The van der Waals surface area contributed by atoms with E-state index >= 15 is 0 Å². The van der Waals surface area contributed by atoms with Crippen LogP contribution in [0.4, 0.5) is 4.39 Å². The van der Waals surface area contributed by atoms with E-state index in [1.54, 1.807) is 0 Å². The van der Waals surface area contributed by atoms with Gasteiger partial charge in [-0.25, -0.2) is 4.39 Å². The van der Waals surface area contributed by atoms with Gasteiger partial charge >= 0.3 is 0 Å². The topological polar surface area (TPSA) is 17.1 Å². The van der Waals surface area contributed by atoms with E-state index in [2.05, 4.69) is 31.9 Å². The molecule has 0 fully saturated rings. The fourth-order valence-corrected chi connectivity index (χ4v) is 1.21. The molecular formula is C9H5Br2FO. The van der Waals surface area contributed by atoms with Crippen LogP contribution in [-0.4, -0.2) is 5.78 Å². The Kier molecular flexibility index (Phi) is 3.81. The Morgan fingerprint density at radius 2 is 1.77 bits per heavy atom. The van der Waals surface area contributed by atoms with E-state index in [0.29, 0.717) is 8.96 Å². The zero-order chi connectivity index (χ0) is 9.84. The predicted molar refractivity (Wildman–Crippen MR) is 56.7 cm³/mol. The molecule has 0 bridgehead atoms. The summed E-state index contributed by atoms with van der Waals surface area (Å²) < 4.78 is 13.0. The minimum atomic E-state index is -0.349. The Bertz CT molecular complexity index is 339. The Morgan fingerprint density at radius 3 is 2.23 bits per heavy atom. The van der Waals surface area contributed by atoms with Crippen LogP contribution < -0.4 is 0 Å². The molecule has 0 saturated carbocycles. The lowest BCUT2D eigenvalue weighted by Gasteiger charge is -1.94. The van der Waals surface area contributed by atoms with Crippen molar-refractivity contribution in [2.24, 2.45) is 0 Å². The summed E-state index contributed by atoms with van der Waals surface area (Å²) >= 11 is 6.14. The van der Waals surface area contributed by atoms with Gasteiger partial charge < -0.3 is 0 Å². The number of rotatable bonds is 2. The molecule has 68 valence electrons. The molecule has 0 saturated heterocycles. The van der Waals surface area contributed by atoms with Crippen molar-refractivity contribution in [3.8, 4) is 0 Å². The van der Waals surface area contributed by atoms with Crippen molar-refractivity contribution < 1.29 is 9.18 Å². The number of ketones is 1. The Morgan fingerprint density at radius 1 is 1.23 bits per heavy atom. The molecule has 1 aromatic rings. The standard InChI is InChI=1S/C9H5Br2FO/c10-9(11)5-8(13)6-1-3-7(12)4-2-6/h1-5H. The van der Waals surface area contributed by atoms with Gasteiger partial charge in [-0.1, -0.05) is 0 Å². The molecule has 0 unspecified atom stereocenters. The van der Waals surface area contributed by atoms with Gasteiger partial charge in [-0.15, -0.1) is 0 Å². The molecule has 4 heteroatoms. The molecule has 0 heterocycles. The summed E-state index contributed by atoms with van der Waals surface area (Å²) in [5, 5.41) is 0. The van der Waals surface area contributed by atoms with Gasteiger partial charge in [-0.3, -0.25) is 4.79 Å². The lowest BCUT2D eigenvalue weighted by atomic mass is 10.1. The van der Waals surface area contributed by atoms with Gasteiger partial charge in [0.25, 0.3) is 0 Å². The molecule has 0 radical (unpaired) electrons. The molecule has 0 spiro atoms. The Balaban J connectivity index is 2.90. The van der Waals surface area contributed by atoms with Crippen LogP contribution in [0.2, 0.25) is 0 Å². The second-order valence-electron chi connectivity index (χ2n) is 2.31. The first-order valence-corrected chi connectivity index (χ1v) is 5.01. The number of allylic oxidation sites excluding steroid dienone is 1. The summed E-state index contributed by atoms with van der Waals surface area (Å²) in [6.45, 7) is 0. The number of hydrogen-bond donors (Lipinski definition) is 0. The first-order chi connectivity index (χ1) is 6.09. The lowest BCUT2D eigenvalue weighted by Crippen LogP contribution is -1.93. The van der Waals surface area contributed by atoms with Crippen LogP contribution in [0.25, 0.3) is 0 Å². The molecule has 0 atom stereocenters. The average Bonchev–Trinajstić information content (AvgIpc) is 2.04. The van der Waals surface area contributed by atoms with E-state index in [9.17, 15) is 9.18 Å². The third-order valence-corrected chi connectivity index (χ3v) is 1.83. The molecule has 1 nitrogen and oxygen atoms in total. The highest BCUT2D eigenvalue weighted by atomic mass is 79.9. The predicted octanol–water partition coefficient (Wildman–Crippen LogP) is 3.64. The summed E-state index contributed by atoms with van der Waals surface area (Å²) in [7, 11) is 0. The van der Waals surface area contributed by atoms with Gasteiger partial charge in [0.1, 0.15) is 5.82 Å². The van der Waals surface area contributed by atoms with Crippen LogP contribution >= 0.6 is 31.9 Å². The van der Waals surface area contributed by atoms with Crippen LogP contribution in [0.3, 0.4) is 0 Å². The van der Waals surface area contributed by atoms with Crippen LogP contribution in [-0.2, 0) is 0 Å². The summed E-state index contributed by atoms with van der Waals surface area (Å²) in [6.07, 6.45) is 1.37. The summed E-state index contributed by atoms with van der Waals surface area (Å²) in [5.74, 6) is -0.526. The fraction of sp³-hybridized carbons (Fsp3) is 0. The quantitative estimate of drug-likeness (QED) is 0.602. The van der Waals surface area contributed by atoms with Gasteiger partial charge in [0.15, 0.2) is 5.78 Å². The highest BCUT2D eigenvalue weighted by molar-refractivity contribution is 9.28. The summed E-state index contributed by atoms with van der Waals surface area (Å²) in [4.78, 5) is 11.3.